The maximum absolute atomic E-state index is 13.7. The average molecular weight is 495 g/mol. The van der Waals surface area contributed by atoms with Gasteiger partial charge in [-0.1, -0.05) is 25.8 Å². The Morgan fingerprint density at radius 2 is 1.85 bits per heavy atom. The number of aliphatic hydroxyl groups is 1. The van der Waals surface area contributed by atoms with Gasteiger partial charge in [0.05, 0.1) is 6.61 Å². The van der Waals surface area contributed by atoms with Crippen molar-refractivity contribution in [1.82, 2.24) is 9.21 Å². The Balaban J connectivity index is 1.63. The summed E-state index contributed by atoms with van der Waals surface area (Å²) in [6.07, 6.45) is 6.75. The lowest BCUT2D eigenvalue weighted by Crippen LogP contribution is -2.50. The van der Waals surface area contributed by atoms with Crippen LogP contribution in [0.25, 0.3) is 0 Å². The van der Waals surface area contributed by atoms with Crippen molar-refractivity contribution in [1.29, 1.82) is 0 Å². The van der Waals surface area contributed by atoms with Gasteiger partial charge in [-0.25, -0.2) is 8.42 Å². The SMILES string of the molecule is C[C@H](CO)N1C[C@H](C)[C@H](CN(C)CC2CCOCC2)Oc2cc(C3CCCC3)ccc2S1(=O)=O. The maximum atomic E-state index is 13.7. The van der Waals surface area contributed by atoms with Gasteiger partial charge in [-0.15, -0.1) is 0 Å². The lowest BCUT2D eigenvalue weighted by molar-refractivity contribution is 0.0402. The molecule has 1 saturated heterocycles. The van der Waals surface area contributed by atoms with Crippen LogP contribution in [0.3, 0.4) is 0 Å². The van der Waals surface area contributed by atoms with Crippen molar-refractivity contribution in [2.75, 3.05) is 46.5 Å². The van der Waals surface area contributed by atoms with E-state index in [-0.39, 0.29) is 23.5 Å². The fourth-order valence-electron chi connectivity index (χ4n) is 5.72. The molecule has 2 aliphatic heterocycles. The zero-order valence-electron chi connectivity index (χ0n) is 21.0. The van der Waals surface area contributed by atoms with E-state index in [0.717, 1.165) is 52.0 Å². The summed E-state index contributed by atoms with van der Waals surface area (Å²) in [5.41, 5.74) is 1.18. The van der Waals surface area contributed by atoms with Gasteiger partial charge in [0.1, 0.15) is 16.7 Å². The second-order valence-electron chi connectivity index (χ2n) is 10.7. The van der Waals surface area contributed by atoms with Crippen molar-refractivity contribution >= 4 is 10.0 Å². The summed E-state index contributed by atoms with van der Waals surface area (Å²) in [6.45, 7) is 7.32. The molecular formula is C26H42N2O5S. The number of sulfonamides is 1. The number of hydrogen-bond acceptors (Lipinski definition) is 6. The molecule has 7 nitrogen and oxygen atoms in total. The van der Waals surface area contributed by atoms with Crippen LogP contribution in [0.15, 0.2) is 23.1 Å². The quantitative estimate of drug-likeness (QED) is 0.625. The molecule has 0 spiro atoms. The highest BCUT2D eigenvalue weighted by Gasteiger charge is 2.38. The Morgan fingerprint density at radius 1 is 1.15 bits per heavy atom. The first-order chi connectivity index (χ1) is 16.3. The molecule has 0 amide bonds. The third kappa shape index (κ3) is 5.78. The number of benzene rings is 1. The van der Waals surface area contributed by atoms with Crippen LogP contribution in [0.5, 0.6) is 5.75 Å². The van der Waals surface area contributed by atoms with Crippen LogP contribution in [-0.2, 0) is 14.8 Å². The van der Waals surface area contributed by atoms with Gasteiger partial charge in [-0.05, 0) is 69.2 Å². The number of hydrogen-bond donors (Lipinski definition) is 1. The fourth-order valence-corrected chi connectivity index (χ4v) is 7.55. The third-order valence-corrected chi connectivity index (χ3v) is 9.94. The maximum Gasteiger partial charge on any atom is 0.247 e. The molecule has 0 aromatic heterocycles. The first-order valence-corrected chi connectivity index (χ1v) is 14.4. The van der Waals surface area contributed by atoms with Crippen LogP contribution < -0.4 is 4.74 Å². The van der Waals surface area contributed by atoms with E-state index in [4.69, 9.17) is 9.47 Å². The second kappa shape index (κ2) is 11.2. The molecule has 0 radical (unpaired) electrons. The number of rotatable bonds is 7. The third-order valence-electron chi connectivity index (χ3n) is 7.92. The molecule has 2 fully saturated rings. The van der Waals surface area contributed by atoms with E-state index in [9.17, 15) is 13.5 Å². The van der Waals surface area contributed by atoms with Crippen molar-refractivity contribution in [3.63, 3.8) is 0 Å². The van der Waals surface area contributed by atoms with Gasteiger partial charge in [0, 0.05) is 44.8 Å². The minimum atomic E-state index is -3.78. The van der Waals surface area contributed by atoms with E-state index in [1.54, 1.807) is 13.0 Å². The molecule has 3 aliphatic rings. The normalized spacial score (nSPS) is 27.7. The van der Waals surface area contributed by atoms with E-state index in [0.29, 0.717) is 24.1 Å². The van der Waals surface area contributed by atoms with Gasteiger partial charge in [0.25, 0.3) is 0 Å². The Kier molecular flexibility index (Phi) is 8.57. The molecule has 1 aromatic rings. The monoisotopic (exact) mass is 494 g/mol. The van der Waals surface area contributed by atoms with Crippen LogP contribution in [-0.4, -0.2) is 81.4 Å². The molecule has 8 heteroatoms. The van der Waals surface area contributed by atoms with Crippen LogP contribution in [0.2, 0.25) is 0 Å². The second-order valence-corrected chi connectivity index (χ2v) is 12.6. The Hall–Kier alpha value is -1.19. The first-order valence-electron chi connectivity index (χ1n) is 13.0. The highest BCUT2D eigenvalue weighted by atomic mass is 32.2. The average Bonchev–Trinajstić information content (AvgIpc) is 3.36. The first kappa shape index (κ1) is 25.9. The summed E-state index contributed by atoms with van der Waals surface area (Å²) >= 11 is 0. The predicted octanol–water partition coefficient (Wildman–Crippen LogP) is 3.47. The lowest BCUT2D eigenvalue weighted by atomic mass is 9.97. The van der Waals surface area contributed by atoms with Crippen molar-refractivity contribution in [3.8, 4) is 5.75 Å². The molecule has 3 atom stereocenters. The number of nitrogens with zero attached hydrogens (tertiary/aromatic N) is 2. The minimum Gasteiger partial charge on any atom is -0.487 e. The molecule has 4 rings (SSSR count). The van der Waals surface area contributed by atoms with E-state index in [2.05, 4.69) is 18.9 Å². The highest BCUT2D eigenvalue weighted by Crippen LogP contribution is 2.39. The fraction of sp³-hybridized carbons (Fsp3) is 0.769. The summed E-state index contributed by atoms with van der Waals surface area (Å²) in [7, 11) is -1.65. The van der Waals surface area contributed by atoms with Gasteiger partial charge in [-0.3, -0.25) is 0 Å². The summed E-state index contributed by atoms with van der Waals surface area (Å²) in [5.74, 6) is 1.54. The topological polar surface area (TPSA) is 79.3 Å². The minimum absolute atomic E-state index is 0.0239. The van der Waals surface area contributed by atoms with Crippen molar-refractivity contribution in [2.45, 2.75) is 75.3 Å². The smallest absolute Gasteiger partial charge is 0.247 e. The van der Waals surface area contributed by atoms with Gasteiger partial charge in [0.2, 0.25) is 10.0 Å². The van der Waals surface area contributed by atoms with Crippen molar-refractivity contribution < 1.29 is 23.0 Å². The van der Waals surface area contributed by atoms with Gasteiger partial charge in [-0.2, -0.15) is 4.31 Å². The van der Waals surface area contributed by atoms with Crippen molar-refractivity contribution in [3.05, 3.63) is 23.8 Å². The zero-order chi connectivity index (χ0) is 24.3. The Bertz CT molecular complexity index is 912. The van der Waals surface area contributed by atoms with Crippen molar-refractivity contribution in [2.24, 2.45) is 11.8 Å². The van der Waals surface area contributed by atoms with Crippen LogP contribution >= 0.6 is 0 Å². The molecular weight excluding hydrogens is 452 g/mol. The summed E-state index contributed by atoms with van der Waals surface area (Å²) in [4.78, 5) is 2.55. The summed E-state index contributed by atoms with van der Waals surface area (Å²) < 4.78 is 40.9. The van der Waals surface area contributed by atoms with E-state index in [1.807, 2.05) is 12.1 Å². The van der Waals surface area contributed by atoms with E-state index in [1.165, 1.54) is 22.7 Å². The highest BCUT2D eigenvalue weighted by molar-refractivity contribution is 7.89. The van der Waals surface area contributed by atoms with Crippen LogP contribution in [0.1, 0.15) is 63.9 Å². The van der Waals surface area contributed by atoms with E-state index >= 15 is 0 Å². The Labute approximate surface area is 205 Å². The largest absolute Gasteiger partial charge is 0.487 e. The number of ether oxygens (including phenoxy) is 2. The lowest BCUT2D eigenvalue weighted by Gasteiger charge is -2.38. The number of aliphatic hydroxyl groups excluding tert-OH is 1. The molecule has 1 N–H and O–H groups in total. The zero-order valence-corrected chi connectivity index (χ0v) is 21.8. The van der Waals surface area contributed by atoms with Gasteiger partial charge >= 0.3 is 0 Å². The predicted molar refractivity (Wildman–Crippen MR) is 133 cm³/mol. The molecule has 192 valence electrons. The molecule has 0 unspecified atom stereocenters. The molecule has 1 aromatic carbocycles. The van der Waals surface area contributed by atoms with Crippen LogP contribution in [0.4, 0.5) is 0 Å². The standard InChI is InChI=1S/C26H42N2O5S/c1-19-15-28(20(2)18-29)34(30,31)26-9-8-23(22-6-4-5-7-22)14-24(26)33-25(19)17-27(3)16-21-10-12-32-13-11-21/h8-9,14,19-22,25,29H,4-7,10-13,15-18H2,1-3H3/t19-,20+,25-/m0/s1. The Morgan fingerprint density at radius 3 is 2.53 bits per heavy atom. The molecule has 1 saturated carbocycles. The van der Waals surface area contributed by atoms with Gasteiger partial charge < -0.3 is 19.5 Å². The number of fused-ring (bicyclic) bond motifs is 1. The summed E-state index contributed by atoms with van der Waals surface area (Å²) in [5, 5.41) is 9.84. The molecule has 34 heavy (non-hydrogen) atoms. The summed E-state index contributed by atoms with van der Waals surface area (Å²) in [6, 6.07) is 5.19. The van der Waals surface area contributed by atoms with Gasteiger partial charge in [0.15, 0.2) is 0 Å². The molecule has 0 bridgehead atoms. The molecule has 2 heterocycles. The molecule has 1 aliphatic carbocycles. The van der Waals surface area contributed by atoms with E-state index < -0.39 is 16.1 Å². The number of likely N-dealkylation sites (N-methyl/N-ethyl adjacent to an activating group) is 1. The van der Waals surface area contributed by atoms with Crippen LogP contribution in [0, 0.1) is 11.8 Å².